The number of nitrogens with two attached hydrogens (primary N) is 1. The van der Waals surface area contributed by atoms with E-state index in [2.05, 4.69) is 5.32 Å². The number of nitrogens with one attached hydrogen (secondary N) is 1. The van der Waals surface area contributed by atoms with Gasteiger partial charge in [-0.3, -0.25) is 0 Å². The van der Waals surface area contributed by atoms with E-state index in [1.165, 1.54) is 18.2 Å². The largest absolute Gasteiger partial charge is 1.00 e. The van der Waals surface area contributed by atoms with Crippen molar-refractivity contribution in [2.24, 2.45) is 5.73 Å². The average molecular weight is 204 g/mol. The Kier molecular flexibility index (Phi) is 7.34. The molecule has 6 nitrogen and oxygen atoms in total. The number of urea groups is 1. The Morgan fingerprint density at radius 2 is 1.93 bits per heavy atom. The summed E-state index contributed by atoms with van der Waals surface area (Å²) in [4.78, 5) is 20.9. The fraction of sp³-hybridized carbons (Fsp3) is 0. The quantitative estimate of drug-likeness (QED) is 0.469. The van der Waals surface area contributed by atoms with E-state index in [9.17, 15) is 9.59 Å². The van der Waals surface area contributed by atoms with Crippen LogP contribution in [0.4, 0.5) is 10.5 Å². The maximum Gasteiger partial charge on any atom is 1.00 e. The summed E-state index contributed by atoms with van der Waals surface area (Å²) in [5, 5.41) is 10.9. The van der Waals surface area contributed by atoms with E-state index in [0.717, 1.165) is 0 Å². The second-order valence-electron chi connectivity index (χ2n) is 2.38. The van der Waals surface area contributed by atoms with Gasteiger partial charge < -0.3 is 21.6 Å². The maximum atomic E-state index is 10.5. The van der Waals surface area contributed by atoms with Crippen LogP contribution < -0.4 is 29.9 Å². The van der Waals surface area contributed by atoms with Crippen molar-refractivity contribution in [3.63, 3.8) is 0 Å². The molecule has 2 amide bonds. The summed E-state index contributed by atoms with van der Waals surface area (Å²) in [6.07, 6.45) is 0. The number of benzene rings is 1. The predicted octanol–water partition coefficient (Wildman–Crippen LogP) is -2.30. The van der Waals surface area contributed by atoms with E-state index in [0.29, 0.717) is 5.69 Å². The van der Waals surface area contributed by atoms with Crippen LogP contribution in [0.5, 0.6) is 0 Å². The summed E-state index contributed by atoms with van der Waals surface area (Å²) in [5.74, 6) is -1.05. The minimum absolute atomic E-state index is 0. The topological polar surface area (TPSA) is 122 Å². The predicted molar refractivity (Wildman–Crippen MR) is 48.5 cm³/mol. The van der Waals surface area contributed by atoms with Crippen LogP contribution >= 0.6 is 0 Å². The van der Waals surface area contributed by atoms with Crippen LogP contribution in [0.1, 0.15) is 10.4 Å². The van der Waals surface area contributed by atoms with Crippen molar-refractivity contribution >= 4 is 17.7 Å². The van der Waals surface area contributed by atoms with Gasteiger partial charge in [-0.15, -0.1) is 0 Å². The second kappa shape index (κ2) is 6.90. The van der Waals surface area contributed by atoms with Crippen molar-refractivity contribution in [3.05, 3.63) is 29.8 Å². The number of hydrogen-bond acceptors (Lipinski definition) is 3. The fourth-order valence-electron chi connectivity index (χ4n) is 0.872. The molecule has 7 heteroatoms. The monoisotopic (exact) mass is 204 g/mol. The molecule has 1 aromatic carbocycles. The standard InChI is InChI=1S/C8H8N2O3.Li.H2O/c9-8(13)10-6-3-1-2-5(4-6)7(11)12;;/h1-4H,(H,11,12)(H3,9,10,13);;1H2/q;+1;/p-1. The molecule has 0 aliphatic heterocycles. The molecule has 0 fully saturated rings. The average Bonchev–Trinajstić information content (AvgIpc) is 2.03. The molecule has 0 aromatic heterocycles. The van der Waals surface area contributed by atoms with Gasteiger partial charge in [0, 0.05) is 5.69 Å². The number of hydrogen-bond donors (Lipinski definition) is 3. The van der Waals surface area contributed by atoms with Gasteiger partial charge in [-0.05, 0) is 18.2 Å². The first-order valence-corrected chi connectivity index (χ1v) is 3.49. The van der Waals surface area contributed by atoms with E-state index < -0.39 is 12.0 Å². The van der Waals surface area contributed by atoms with Gasteiger partial charge in [0.2, 0.25) is 0 Å². The van der Waals surface area contributed by atoms with Gasteiger partial charge in [-0.2, -0.15) is 0 Å². The molecule has 0 unspecified atom stereocenters. The first kappa shape index (κ1) is 16.0. The third kappa shape index (κ3) is 5.08. The number of rotatable bonds is 2. The molecule has 0 bridgehead atoms. The Morgan fingerprint density at radius 1 is 1.33 bits per heavy atom. The van der Waals surface area contributed by atoms with Gasteiger partial charge in [-0.25, -0.2) is 9.59 Å². The summed E-state index contributed by atoms with van der Waals surface area (Å²) < 4.78 is 0. The number of aromatic carboxylic acids is 1. The van der Waals surface area contributed by atoms with Crippen LogP contribution in [0.2, 0.25) is 0 Å². The number of carbonyl (C=O) groups is 2. The Bertz CT molecular complexity index is 356. The first-order valence-electron chi connectivity index (χ1n) is 3.49. The molecule has 0 radical (unpaired) electrons. The number of carboxylic acids is 1. The molecule has 1 rings (SSSR count). The number of carbonyl (C=O) groups excluding carboxylic acids is 1. The van der Waals surface area contributed by atoms with Gasteiger partial charge in [0.15, 0.2) is 0 Å². The summed E-state index contributed by atoms with van der Waals surface area (Å²) in [6.45, 7) is 0. The molecule has 0 saturated carbocycles. The first-order chi connectivity index (χ1) is 6.09. The minimum Gasteiger partial charge on any atom is -0.870 e. The SMILES string of the molecule is NC(=O)Nc1cccc(C(=O)O)c1.[Li+].[OH-]. The zero-order chi connectivity index (χ0) is 9.84. The molecule has 0 saturated heterocycles. The molecule has 15 heavy (non-hydrogen) atoms. The van der Waals surface area contributed by atoms with Gasteiger partial charge >= 0.3 is 30.9 Å². The molecule has 0 atom stereocenters. The van der Waals surface area contributed by atoms with Gasteiger partial charge in [0.1, 0.15) is 0 Å². The molecular weight excluding hydrogens is 195 g/mol. The van der Waals surface area contributed by atoms with E-state index in [-0.39, 0.29) is 29.9 Å². The number of carboxylic acid groups (broad SMARTS) is 1. The Hall–Kier alpha value is -1.48. The van der Waals surface area contributed by atoms with Gasteiger partial charge in [0.05, 0.1) is 5.56 Å². The molecule has 0 spiro atoms. The van der Waals surface area contributed by atoms with Crippen molar-refractivity contribution in [3.8, 4) is 0 Å². The molecule has 5 N–H and O–H groups in total. The third-order valence-electron chi connectivity index (χ3n) is 1.38. The molecule has 1 aromatic rings. The number of primary amides is 1. The van der Waals surface area contributed by atoms with Crippen LogP contribution in [0.3, 0.4) is 0 Å². The second-order valence-corrected chi connectivity index (χ2v) is 2.38. The zero-order valence-corrected chi connectivity index (χ0v) is 8.10. The van der Waals surface area contributed by atoms with E-state index in [4.69, 9.17) is 10.8 Å². The molecule has 0 aliphatic rings. The fourth-order valence-corrected chi connectivity index (χ4v) is 0.872. The van der Waals surface area contributed by atoms with Crippen LogP contribution in [0.25, 0.3) is 0 Å². The summed E-state index contributed by atoms with van der Waals surface area (Å²) >= 11 is 0. The summed E-state index contributed by atoms with van der Waals surface area (Å²) in [6, 6.07) is 5.11. The van der Waals surface area contributed by atoms with Crippen molar-refractivity contribution < 1.29 is 39.0 Å². The van der Waals surface area contributed by atoms with Crippen LogP contribution in [0.15, 0.2) is 24.3 Å². The Labute approximate surface area is 97.9 Å². The molecule has 0 aliphatic carbocycles. The Morgan fingerprint density at radius 3 is 2.40 bits per heavy atom. The van der Waals surface area contributed by atoms with Crippen molar-refractivity contribution in [2.75, 3.05) is 5.32 Å². The normalized spacial score (nSPS) is 8.00. The maximum absolute atomic E-state index is 10.5. The Balaban J connectivity index is 0. The minimum atomic E-state index is -1.05. The number of anilines is 1. The molecular formula is C8H9LiN2O4. The molecule has 0 heterocycles. The molecule has 76 valence electrons. The van der Waals surface area contributed by atoms with Crippen molar-refractivity contribution in [1.82, 2.24) is 0 Å². The van der Waals surface area contributed by atoms with Crippen LogP contribution in [-0.4, -0.2) is 22.6 Å². The van der Waals surface area contributed by atoms with Gasteiger partial charge in [0.25, 0.3) is 0 Å². The van der Waals surface area contributed by atoms with Crippen molar-refractivity contribution in [1.29, 1.82) is 0 Å². The summed E-state index contributed by atoms with van der Waals surface area (Å²) in [7, 11) is 0. The van der Waals surface area contributed by atoms with E-state index in [1.54, 1.807) is 6.07 Å². The van der Waals surface area contributed by atoms with E-state index >= 15 is 0 Å². The third-order valence-corrected chi connectivity index (χ3v) is 1.38. The van der Waals surface area contributed by atoms with E-state index in [1.807, 2.05) is 0 Å². The van der Waals surface area contributed by atoms with Gasteiger partial charge in [-0.1, -0.05) is 6.07 Å². The smallest absolute Gasteiger partial charge is 0.870 e. The van der Waals surface area contributed by atoms with Crippen LogP contribution in [0, 0.1) is 0 Å². The summed E-state index contributed by atoms with van der Waals surface area (Å²) in [5.41, 5.74) is 5.32. The van der Waals surface area contributed by atoms with Crippen LogP contribution in [-0.2, 0) is 0 Å². The zero-order valence-electron chi connectivity index (χ0n) is 8.10. The van der Waals surface area contributed by atoms with Crippen molar-refractivity contribution in [2.45, 2.75) is 0 Å². The number of amides is 2.